The molecule has 2 fully saturated rings. The first-order valence-corrected chi connectivity index (χ1v) is 7.81. The quantitative estimate of drug-likeness (QED) is 0.909. The van der Waals surface area contributed by atoms with Crippen molar-refractivity contribution in [3.8, 4) is 0 Å². The maximum Gasteiger partial charge on any atom is 0.123 e. The number of benzene rings is 1. The van der Waals surface area contributed by atoms with Crippen molar-refractivity contribution in [3.05, 3.63) is 35.6 Å². The van der Waals surface area contributed by atoms with Crippen molar-refractivity contribution in [1.82, 2.24) is 10.2 Å². The van der Waals surface area contributed by atoms with Crippen molar-refractivity contribution in [3.63, 3.8) is 0 Å². The lowest BCUT2D eigenvalue weighted by Crippen LogP contribution is -2.36. The zero-order valence-corrected chi connectivity index (χ0v) is 12.4. The Morgan fingerprint density at radius 1 is 1.35 bits per heavy atom. The summed E-state index contributed by atoms with van der Waals surface area (Å²) in [5.74, 6) is 0.599. The smallest absolute Gasteiger partial charge is 0.123 e. The molecule has 0 radical (unpaired) electrons. The topological polar surface area (TPSA) is 15.3 Å². The molecular formula is C17H25FN2. The molecule has 0 amide bonds. The van der Waals surface area contributed by atoms with Crippen molar-refractivity contribution in [2.75, 3.05) is 32.7 Å². The monoisotopic (exact) mass is 276 g/mol. The van der Waals surface area contributed by atoms with Crippen LogP contribution in [0, 0.1) is 17.2 Å². The van der Waals surface area contributed by atoms with E-state index in [4.69, 9.17) is 0 Å². The fourth-order valence-corrected chi connectivity index (χ4v) is 3.72. The van der Waals surface area contributed by atoms with E-state index < -0.39 is 0 Å². The number of hydrogen-bond acceptors (Lipinski definition) is 2. The van der Waals surface area contributed by atoms with Crippen molar-refractivity contribution in [1.29, 1.82) is 0 Å². The lowest BCUT2D eigenvalue weighted by Gasteiger charge is -2.29. The van der Waals surface area contributed by atoms with Gasteiger partial charge in [0.15, 0.2) is 0 Å². The molecule has 20 heavy (non-hydrogen) atoms. The molecule has 1 aromatic carbocycles. The average Bonchev–Trinajstić information content (AvgIpc) is 3.02. The van der Waals surface area contributed by atoms with Crippen molar-refractivity contribution >= 4 is 0 Å². The maximum atomic E-state index is 12.9. The molecule has 2 heterocycles. The van der Waals surface area contributed by atoms with Crippen molar-refractivity contribution < 1.29 is 4.39 Å². The van der Waals surface area contributed by atoms with E-state index in [1.54, 1.807) is 12.1 Å². The molecular weight excluding hydrogens is 251 g/mol. The van der Waals surface area contributed by atoms with Gasteiger partial charge < -0.3 is 10.2 Å². The molecule has 1 aromatic rings. The van der Waals surface area contributed by atoms with Crippen LogP contribution in [-0.4, -0.2) is 37.6 Å². The first-order valence-electron chi connectivity index (χ1n) is 7.81. The fourth-order valence-electron chi connectivity index (χ4n) is 3.72. The highest BCUT2D eigenvalue weighted by molar-refractivity contribution is 5.17. The Balaban J connectivity index is 1.50. The Bertz CT molecular complexity index is 437. The van der Waals surface area contributed by atoms with Crippen molar-refractivity contribution in [2.24, 2.45) is 11.3 Å². The third-order valence-corrected chi connectivity index (χ3v) is 4.87. The van der Waals surface area contributed by atoms with Crippen LogP contribution >= 0.6 is 0 Å². The molecule has 2 aliphatic heterocycles. The van der Waals surface area contributed by atoms with E-state index in [1.807, 2.05) is 12.1 Å². The van der Waals surface area contributed by atoms with Gasteiger partial charge in [0.25, 0.3) is 0 Å². The molecule has 0 saturated carbocycles. The normalized spacial score (nSPS) is 31.0. The molecule has 2 nitrogen and oxygen atoms in total. The summed E-state index contributed by atoms with van der Waals surface area (Å²) in [4.78, 5) is 2.63. The SMILES string of the molecule is CC1(CN2CCC(Cc3ccc(F)cc3)C2)CCNC1. The predicted molar refractivity (Wildman–Crippen MR) is 80.2 cm³/mol. The van der Waals surface area contributed by atoms with Gasteiger partial charge in [-0.15, -0.1) is 0 Å². The van der Waals surface area contributed by atoms with Crippen LogP contribution in [0.4, 0.5) is 4.39 Å². The Kier molecular flexibility index (Phi) is 4.08. The van der Waals surface area contributed by atoms with E-state index in [1.165, 1.54) is 44.6 Å². The molecule has 3 rings (SSSR count). The minimum Gasteiger partial charge on any atom is -0.316 e. The summed E-state index contributed by atoms with van der Waals surface area (Å²) in [7, 11) is 0. The number of nitrogens with one attached hydrogen (secondary N) is 1. The lowest BCUT2D eigenvalue weighted by atomic mass is 9.89. The van der Waals surface area contributed by atoms with Crippen LogP contribution in [-0.2, 0) is 6.42 Å². The van der Waals surface area contributed by atoms with E-state index in [2.05, 4.69) is 17.1 Å². The van der Waals surface area contributed by atoms with Crippen molar-refractivity contribution in [2.45, 2.75) is 26.2 Å². The molecule has 2 unspecified atom stereocenters. The number of hydrogen-bond donors (Lipinski definition) is 1. The first-order chi connectivity index (χ1) is 9.63. The van der Waals surface area contributed by atoms with Gasteiger partial charge in [0.2, 0.25) is 0 Å². The number of nitrogens with zero attached hydrogens (tertiary/aromatic N) is 1. The minimum atomic E-state index is -0.136. The van der Waals surface area contributed by atoms with Crippen LogP contribution in [0.2, 0.25) is 0 Å². The minimum absolute atomic E-state index is 0.136. The molecule has 110 valence electrons. The predicted octanol–water partition coefficient (Wildman–Crippen LogP) is 2.69. The van der Waals surface area contributed by atoms with Crippen LogP contribution in [0.25, 0.3) is 0 Å². The highest BCUT2D eigenvalue weighted by Gasteiger charge is 2.33. The van der Waals surface area contributed by atoms with Crippen LogP contribution in [0.5, 0.6) is 0 Å². The largest absolute Gasteiger partial charge is 0.316 e. The van der Waals surface area contributed by atoms with Gasteiger partial charge in [-0.25, -0.2) is 4.39 Å². The average molecular weight is 276 g/mol. The van der Waals surface area contributed by atoms with Crippen LogP contribution in [0.15, 0.2) is 24.3 Å². The van der Waals surface area contributed by atoms with Gasteiger partial charge in [-0.3, -0.25) is 0 Å². The zero-order chi connectivity index (χ0) is 14.0. The number of halogens is 1. The summed E-state index contributed by atoms with van der Waals surface area (Å²) in [6.07, 6.45) is 3.67. The molecule has 0 bridgehead atoms. The van der Waals surface area contributed by atoms with Gasteiger partial charge in [0, 0.05) is 19.6 Å². The summed E-state index contributed by atoms with van der Waals surface area (Å²) in [5.41, 5.74) is 1.73. The van der Waals surface area contributed by atoms with E-state index in [0.29, 0.717) is 5.41 Å². The van der Waals surface area contributed by atoms with Crippen LogP contribution in [0.3, 0.4) is 0 Å². The molecule has 0 aliphatic carbocycles. The highest BCUT2D eigenvalue weighted by atomic mass is 19.1. The maximum absolute atomic E-state index is 12.9. The van der Waals surface area contributed by atoms with Crippen LogP contribution in [0.1, 0.15) is 25.3 Å². The van der Waals surface area contributed by atoms with Gasteiger partial charge in [-0.2, -0.15) is 0 Å². The van der Waals surface area contributed by atoms with Gasteiger partial charge in [-0.05, 0) is 61.4 Å². The molecule has 2 aliphatic rings. The second-order valence-corrected chi connectivity index (χ2v) is 6.96. The molecule has 3 heteroatoms. The molecule has 2 atom stereocenters. The second kappa shape index (κ2) is 5.82. The Hall–Kier alpha value is -0.930. The van der Waals surface area contributed by atoms with E-state index >= 15 is 0 Å². The highest BCUT2D eigenvalue weighted by Crippen LogP contribution is 2.29. The molecule has 1 N–H and O–H groups in total. The molecule has 2 saturated heterocycles. The number of rotatable bonds is 4. The Labute approximate surface area is 121 Å². The fraction of sp³-hybridized carbons (Fsp3) is 0.647. The molecule has 0 aromatic heterocycles. The Morgan fingerprint density at radius 3 is 2.85 bits per heavy atom. The third-order valence-electron chi connectivity index (χ3n) is 4.87. The van der Waals surface area contributed by atoms with E-state index in [-0.39, 0.29) is 5.82 Å². The molecule has 0 spiro atoms. The lowest BCUT2D eigenvalue weighted by molar-refractivity contribution is 0.203. The van der Waals surface area contributed by atoms with E-state index in [0.717, 1.165) is 18.9 Å². The zero-order valence-electron chi connectivity index (χ0n) is 12.4. The van der Waals surface area contributed by atoms with Gasteiger partial charge in [-0.1, -0.05) is 19.1 Å². The summed E-state index contributed by atoms with van der Waals surface area (Å²) in [6.45, 7) is 8.38. The van der Waals surface area contributed by atoms with E-state index in [9.17, 15) is 4.39 Å². The van der Waals surface area contributed by atoms with Gasteiger partial charge >= 0.3 is 0 Å². The summed E-state index contributed by atoms with van der Waals surface area (Å²) >= 11 is 0. The first kappa shape index (κ1) is 14.0. The summed E-state index contributed by atoms with van der Waals surface area (Å²) < 4.78 is 12.9. The van der Waals surface area contributed by atoms with Gasteiger partial charge in [0.05, 0.1) is 0 Å². The summed E-state index contributed by atoms with van der Waals surface area (Å²) in [6, 6.07) is 7.01. The summed E-state index contributed by atoms with van der Waals surface area (Å²) in [5, 5.41) is 3.48. The standard InChI is InChI=1S/C17H25FN2/c1-17(7-8-19-12-17)13-20-9-6-15(11-20)10-14-2-4-16(18)5-3-14/h2-5,15,19H,6-13H2,1H3. The second-order valence-electron chi connectivity index (χ2n) is 6.96. The Morgan fingerprint density at radius 2 is 2.15 bits per heavy atom. The number of likely N-dealkylation sites (tertiary alicyclic amines) is 1. The third kappa shape index (κ3) is 3.39. The van der Waals surface area contributed by atoms with Crippen LogP contribution < -0.4 is 5.32 Å². The van der Waals surface area contributed by atoms with Gasteiger partial charge in [0.1, 0.15) is 5.82 Å².